The van der Waals surface area contributed by atoms with Crippen molar-refractivity contribution in [2.75, 3.05) is 13.6 Å². The number of carbonyl (C=O) groups excluding carboxylic acids is 1. The van der Waals surface area contributed by atoms with Gasteiger partial charge in [-0.05, 0) is 30.4 Å². The van der Waals surface area contributed by atoms with Gasteiger partial charge in [0, 0.05) is 36.3 Å². The molecule has 1 atom stereocenters. The Bertz CT molecular complexity index is 823. The lowest BCUT2D eigenvalue weighted by Crippen LogP contribution is -2.37. The van der Waals surface area contributed by atoms with Crippen LogP contribution in [-0.2, 0) is 5.41 Å². The Morgan fingerprint density at radius 2 is 1.83 bits per heavy atom. The molecule has 1 heterocycles. The van der Waals surface area contributed by atoms with Crippen molar-refractivity contribution in [3.05, 3.63) is 69.6 Å². The maximum atomic E-state index is 12.8. The van der Waals surface area contributed by atoms with Crippen LogP contribution < -0.4 is 5.56 Å². The molecule has 1 aromatic heterocycles. The van der Waals surface area contributed by atoms with E-state index in [9.17, 15) is 9.59 Å². The normalized spacial score (nSPS) is 21.3. The minimum atomic E-state index is -0.240. The van der Waals surface area contributed by atoms with Crippen molar-refractivity contribution < 1.29 is 4.79 Å². The molecule has 24 heavy (non-hydrogen) atoms. The Balaban J connectivity index is 1.86. The van der Waals surface area contributed by atoms with Crippen molar-refractivity contribution in [2.45, 2.75) is 32.6 Å². The molecule has 1 aromatic carbocycles. The number of H-pyrrole nitrogens is 1. The number of hydrogen-bond acceptors (Lipinski definition) is 2. The van der Waals surface area contributed by atoms with E-state index in [1.165, 1.54) is 11.6 Å². The number of benzene rings is 1. The van der Waals surface area contributed by atoms with Gasteiger partial charge in [-0.3, -0.25) is 9.59 Å². The van der Waals surface area contributed by atoms with Crippen LogP contribution in [0.15, 0.2) is 47.3 Å². The van der Waals surface area contributed by atoms with Gasteiger partial charge in [-0.2, -0.15) is 0 Å². The molecule has 4 nitrogen and oxygen atoms in total. The summed E-state index contributed by atoms with van der Waals surface area (Å²) in [7, 11) is 1.82. The number of aromatic nitrogens is 1. The van der Waals surface area contributed by atoms with Crippen molar-refractivity contribution in [1.82, 2.24) is 9.88 Å². The number of pyridine rings is 1. The van der Waals surface area contributed by atoms with E-state index < -0.39 is 0 Å². The van der Waals surface area contributed by atoms with E-state index in [-0.39, 0.29) is 22.3 Å². The van der Waals surface area contributed by atoms with E-state index in [1.54, 1.807) is 17.9 Å². The first-order chi connectivity index (χ1) is 11.2. The standard InChI is InChI=1S/C20H24N2O2/c1-14-10-15(11-17(23)21-14)18(24)22(4)13-20(12-19(20,2)3)16-8-6-5-7-9-16/h5-11H,12-13H2,1-4H3,(H,21,23)/t20-/m0/s1. The van der Waals surface area contributed by atoms with Crippen LogP contribution in [0.5, 0.6) is 0 Å². The maximum absolute atomic E-state index is 12.8. The van der Waals surface area contributed by atoms with E-state index in [4.69, 9.17) is 0 Å². The Kier molecular flexibility index (Phi) is 3.86. The summed E-state index contributed by atoms with van der Waals surface area (Å²) < 4.78 is 0. The van der Waals surface area contributed by atoms with Gasteiger partial charge in [0.2, 0.25) is 5.56 Å². The highest BCUT2D eigenvalue weighted by atomic mass is 16.2. The zero-order chi connectivity index (χ0) is 17.5. The second kappa shape index (κ2) is 5.62. The van der Waals surface area contributed by atoms with Gasteiger partial charge in [-0.15, -0.1) is 0 Å². The molecule has 1 aliphatic carbocycles. The molecule has 0 aliphatic heterocycles. The monoisotopic (exact) mass is 324 g/mol. The summed E-state index contributed by atoms with van der Waals surface area (Å²) in [6.07, 6.45) is 1.05. The molecule has 1 fully saturated rings. The molecule has 0 bridgehead atoms. The summed E-state index contributed by atoms with van der Waals surface area (Å²) in [5.74, 6) is -0.109. The summed E-state index contributed by atoms with van der Waals surface area (Å²) >= 11 is 0. The maximum Gasteiger partial charge on any atom is 0.253 e. The van der Waals surface area contributed by atoms with Crippen molar-refractivity contribution in [1.29, 1.82) is 0 Å². The van der Waals surface area contributed by atoms with E-state index in [0.29, 0.717) is 17.8 Å². The average Bonchev–Trinajstić information content (AvgIpc) is 3.08. The average molecular weight is 324 g/mol. The SMILES string of the molecule is Cc1cc(C(=O)N(C)C[C@]2(c3ccccc3)CC2(C)C)cc(=O)[nH]1. The zero-order valence-corrected chi connectivity index (χ0v) is 14.7. The summed E-state index contributed by atoms with van der Waals surface area (Å²) in [5.41, 5.74) is 2.32. The number of hydrogen-bond donors (Lipinski definition) is 1. The molecule has 126 valence electrons. The smallest absolute Gasteiger partial charge is 0.253 e. The highest BCUT2D eigenvalue weighted by Crippen LogP contribution is 2.64. The number of amides is 1. The Labute approximate surface area is 142 Å². The highest BCUT2D eigenvalue weighted by Gasteiger charge is 2.62. The fourth-order valence-electron chi connectivity index (χ4n) is 3.82. The topological polar surface area (TPSA) is 53.2 Å². The number of rotatable bonds is 4. The molecule has 0 unspecified atom stereocenters. The van der Waals surface area contributed by atoms with Gasteiger partial charge in [-0.1, -0.05) is 44.2 Å². The fourth-order valence-corrected chi connectivity index (χ4v) is 3.82. The molecule has 0 saturated heterocycles. The van der Waals surface area contributed by atoms with Crippen LogP contribution in [0.3, 0.4) is 0 Å². The van der Waals surface area contributed by atoms with Gasteiger partial charge < -0.3 is 9.88 Å². The lowest BCUT2D eigenvalue weighted by atomic mass is 9.87. The van der Waals surface area contributed by atoms with Gasteiger partial charge >= 0.3 is 0 Å². The van der Waals surface area contributed by atoms with Gasteiger partial charge in [0.15, 0.2) is 0 Å². The second-order valence-electron chi connectivity index (χ2n) is 7.59. The first kappa shape index (κ1) is 16.5. The van der Waals surface area contributed by atoms with Crippen molar-refractivity contribution >= 4 is 5.91 Å². The number of aryl methyl sites for hydroxylation is 1. The highest BCUT2D eigenvalue weighted by molar-refractivity contribution is 5.94. The van der Waals surface area contributed by atoms with Crippen molar-refractivity contribution in [2.24, 2.45) is 5.41 Å². The number of carbonyl (C=O) groups is 1. The molecule has 0 radical (unpaired) electrons. The van der Waals surface area contributed by atoms with Crippen LogP contribution >= 0.6 is 0 Å². The molecule has 1 amide bonds. The summed E-state index contributed by atoms with van der Waals surface area (Å²) in [5, 5.41) is 0. The number of likely N-dealkylation sites (N-methyl/N-ethyl adjacent to an activating group) is 1. The number of aromatic amines is 1. The Morgan fingerprint density at radius 1 is 1.21 bits per heavy atom. The lowest BCUT2D eigenvalue weighted by molar-refractivity contribution is 0.0774. The first-order valence-corrected chi connectivity index (χ1v) is 8.27. The largest absolute Gasteiger partial charge is 0.341 e. The van der Waals surface area contributed by atoms with E-state index in [1.807, 2.05) is 25.2 Å². The van der Waals surface area contributed by atoms with E-state index in [2.05, 4.69) is 31.0 Å². The van der Waals surface area contributed by atoms with Crippen LogP contribution in [0, 0.1) is 12.3 Å². The molecule has 3 rings (SSSR count). The molecule has 1 saturated carbocycles. The predicted molar refractivity (Wildman–Crippen MR) is 95.3 cm³/mol. The van der Waals surface area contributed by atoms with E-state index in [0.717, 1.165) is 6.42 Å². The third-order valence-corrected chi connectivity index (χ3v) is 5.32. The van der Waals surface area contributed by atoms with Crippen LogP contribution in [0.1, 0.15) is 41.9 Å². The molecule has 1 aliphatic rings. The Hall–Kier alpha value is -2.36. The molecule has 4 heteroatoms. The minimum absolute atomic E-state index is 0.0189. The minimum Gasteiger partial charge on any atom is -0.341 e. The van der Waals surface area contributed by atoms with Gasteiger partial charge in [0.05, 0.1) is 0 Å². The Morgan fingerprint density at radius 3 is 2.38 bits per heavy atom. The van der Waals surface area contributed by atoms with Gasteiger partial charge in [0.1, 0.15) is 0 Å². The molecule has 1 N–H and O–H groups in total. The van der Waals surface area contributed by atoms with Gasteiger partial charge in [0.25, 0.3) is 5.91 Å². The lowest BCUT2D eigenvalue weighted by Gasteiger charge is -2.28. The van der Waals surface area contributed by atoms with Gasteiger partial charge in [-0.25, -0.2) is 0 Å². The first-order valence-electron chi connectivity index (χ1n) is 8.27. The third kappa shape index (κ3) is 2.77. The molecule has 0 spiro atoms. The molecular weight excluding hydrogens is 300 g/mol. The van der Waals surface area contributed by atoms with Crippen LogP contribution in [0.2, 0.25) is 0 Å². The van der Waals surface area contributed by atoms with Crippen LogP contribution in [0.25, 0.3) is 0 Å². The molecule has 2 aromatic rings. The summed E-state index contributed by atoms with van der Waals surface area (Å²) in [6, 6.07) is 13.5. The summed E-state index contributed by atoms with van der Waals surface area (Å²) in [4.78, 5) is 28.8. The fraction of sp³-hybridized carbons (Fsp3) is 0.400. The van der Waals surface area contributed by atoms with Crippen LogP contribution in [-0.4, -0.2) is 29.4 Å². The van der Waals surface area contributed by atoms with E-state index >= 15 is 0 Å². The molecular formula is C20H24N2O2. The van der Waals surface area contributed by atoms with Crippen molar-refractivity contribution in [3.8, 4) is 0 Å². The third-order valence-electron chi connectivity index (χ3n) is 5.32. The number of nitrogens with one attached hydrogen (secondary N) is 1. The summed E-state index contributed by atoms with van der Waals surface area (Å²) in [6.45, 7) is 6.92. The number of nitrogens with zero attached hydrogens (tertiary/aromatic N) is 1. The zero-order valence-electron chi connectivity index (χ0n) is 14.7. The second-order valence-corrected chi connectivity index (χ2v) is 7.59. The van der Waals surface area contributed by atoms with Crippen LogP contribution in [0.4, 0.5) is 0 Å². The van der Waals surface area contributed by atoms with Crippen molar-refractivity contribution in [3.63, 3.8) is 0 Å². The predicted octanol–water partition coefficient (Wildman–Crippen LogP) is 3.12. The quantitative estimate of drug-likeness (QED) is 0.939.